The van der Waals surface area contributed by atoms with Gasteiger partial charge < -0.3 is 15.4 Å². The Morgan fingerprint density at radius 1 is 1.75 bits per heavy atom. The minimum atomic E-state index is -3.83. The second-order valence-corrected chi connectivity index (χ2v) is 4.83. The van der Waals surface area contributed by atoms with Crippen molar-refractivity contribution in [2.45, 2.75) is 6.04 Å². The van der Waals surface area contributed by atoms with Crippen molar-refractivity contribution in [2.75, 3.05) is 27.2 Å². The van der Waals surface area contributed by atoms with Crippen LogP contribution >= 0.6 is 0 Å². The number of ether oxygens (including phenoxy) is 1. The van der Waals surface area contributed by atoms with Crippen LogP contribution in [0.2, 0.25) is 0 Å². The number of aliphatic imine (C=N–C) groups is 1. The molecule has 92 valence electrons. The molecule has 7 nitrogen and oxygen atoms in total. The lowest BCUT2D eigenvalue weighted by Gasteiger charge is -2.26. The number of nitrogens with one attached hydrogen (secondary N) is 2. The quantitative estimate of drug-likeness (QED) is 0.519. The van der Waals surface area contributed by atoms with E-state index in [0.29, 0.717) is 13.2 Å². The fourth-order valence-electron chi connectivity index (χ4n) is 1.23. The average molecular weight is 248 g/mol. The number of primary sulfonamides is 1. The van der Waals surface area contributed by atoms with Crippen molar-refractivity contribution in [2.24, 2.45) is 10.1 Å². The van der Waals surface area contributed by atoms with Gasteiger partial charge in [-0.15, -0.1) is 0 Å². The van der Waals surface area contributed by atoms with E-state index in [9.17, 15) is 8.42 Å². The molecule has 0 aromatic rings. The molecule has 0 spiro atoms. The van der Waals surface area contributed by atoms with E-state index >= 15 is 0 Å². The van der Waals surface area contributed by atoms with Crippen LogP contribution in [0.4, 0.5) is 0 Å². The van der Waals surface area contributed by atoms with Gasteiger partial charge in [0.2, 0.25) is 15.9 Å². The molecule has 1 fully saturated rings. The van der Waals surface area contributed by atoms with Crippen molar-refractivity contribution in [1.82, 2.24) is 10.6 Å². The van der Waals surface area contributed by atoms with Gasteiger partial charge in [0.05, 0.1) is 6.04 Å². The van der Waals surface area contributed by atoms with E-state index in [0.717, 1.165) is 6.21 Å². The molecule has 0 aromatic carbocycles. The second-order valence-electron chi connectivity index (χ2n) is 3.30. The van der Waals surface area contributed by atoms with Gasteiger partial charge >= 0.3 is 0 Å². The highest BCUT2D eigenvalue weighted by Gasteiger charge is 2.23. The highest BCUT2D eigenvalue weighted by molar-refractivity contribution is 7.94. The standard InChI is InChI=1S/C8H16N4O3S/c1-10-4-7(16(9,13)14)8-12-3-6(11-2)5-15-8/h4,6,11-12H,3,5H2,1-2H3,(H2,9,13,14)/b8-7-,10-4?/t6-/m0/s1. The van der Waals surface area contributed by atoms with Gasteiger partial charge in [-0.2, -0.15) is 0 Å². The molecule has 1 atom stereocenters. The summed E-state index contributed by atoms with van der Waals surface area (Å²) in [6.07, 6.45) is 1.16. The monoisotopic (exact) mass is 248 g/mol. The predicted octanol–water partition coefficient (Wildman–Crippen LogP) is -1.65. The lowest BCUT2D eigenvalue weighted by atomic mass is 10.3. The molecule has 0 aliphatic carbocycles. The van der Waals surface area contributed by atoms with Gasteiger partial charge in [-0.1, -0.05) is 0 Å². The first-order valence-electron chi connectivity index (χ1n) is 4.72. The van der Waals surface area contributed by atoms with E-state index in [4.69, 9.17) is 9.88 Å². The number of likely N-dealkylation sites (N-methyl/N-ethyl adjacent to an activating group) is 1. The molecule has 4 N–H and O–H groups in total. The first kappa shape index (κ1) is 12.9. The molecule has 1 aliphatic rings. The summed E-state index contributed by atoms with van der Waals surface area (Å²) < 4.78 is 27.8. The maximum atomic E-state index is 11.3. The summed E-state index contributed by atoms with van der Waals surface area (Å²) in [5.74, 6) is 0.152. The van der Waals surface area contributed by atoms with Crippen molar-refractivity contribution < 1.29 is 13.2 Å². The molecular formula is C8H16N4O3S. The Kier molecular flexibility index (Phi) is 4.27. The summed E-state index contributed by atoms with van der Waals surface area (Å²) in [6.45, 7) is 0.956. The van der Waals surface area contributed by atoms with Crippen LogP contribution in [-0.4, -0.2) is 47.9 Å². The van der Waals surface area contributed by atoms with E-state index in [-0.39, 0.29) is 16.8 Å². The van der Waals surface area contributed by atoms with Gasteiger partial charge in [0, 0.05) is 19.8 Å². The van der Waals surface area contributed by atoms with Gasteiger partial charge in [-0.3, -0.25) is 4.99 Å². The summed E-state index contributed by atoms with van der Waals surface area (Å²) in [5, 5.41) is 10.9. The molecule has 1 heterocycles. The Hall–Kier alpha value is -1.12. The van der Waals surface area contributed by atoms with E-state index < -0.39 is 10.0 Å². The van der Waals surface area contributed by atoms with Crippen LogP contribution in [-0.2, 0) is 14.8 Å². The maximum absolute atomic E-state index is 11.3. The first-order chi connectivity index (χ1) is 7.49. The fraction of sp³-hybridized carbons (Fsp3) is 0.625. The molecule has 16 heavy (non-hydrogen) atoms. The topological polar surface area (TPSA) is 106 Å². The Labute approximate surface area is 94.8 Å². The second kappa shape index (κ2) is 5.28. The fourth-order valence-corrected chi connectivity index (χ4v) is 1.87. The van der Waals surface area contributed by atoms with Crippen LogP contribution in [0.5, 0.6) is 0 Å². The SMILES string of the molecule is CN=C/C(=C1\NC[C@H](NC)CO1)S(N)(=O)=O. The molecule has 0 saturated carbocycles. The molecule has 1 rings (SSSR count). The highest BCUT2D eigenvalue weighted by Crippen LogP contribution is 2.10. The van der Waals surface area contributed by atoms with Crippen LogP contribution in [0, 0.1) is 0 Å². The molecule has 0 radical (unpaired) electrons. The van der Waals surface area contributed by atoms with Crippen LogP contribution < -0.4 is 15.8 Å². The van der Waals surface area contributed by atoms with Crippen LogP contribution in [0.15, 0.2) is 15.8 Å². The van der Waals surface area contributed by atoms with Gasteiger partial charge in [-0.05, 0) is 7.05 Å². The molecule has 0 unspecified atom stereocenters. The molecular weight excluding hydrogens is 232 g/mol. The molecule has 0 amide bonds. The summed E-state index contributed by atoms with van der Waals surface area (Å²) in [7, 11) is -0.561. The van der Waals surface area contributed by atoms with Crippen molar-refractivity contribution >= 4 is 16.2 Å². The number of nitrogens with two attached hydrogens (primary N) is 1. The third-order valence-electron chi connectivity index (χ3n) is 2.12. The van der Waals surface area contributed by atoms with Gasteiger partial charge in [-0.25, -0.2) is 13.6 Å². The minimum Gasteiger partial charge on any atom is -0.476 e. The Morgan fingerprint density at radius 3 is 2.81 bits per heavy atom. The van der Waals surface area contributed by atoms with Crippen LogP contribution in [0.3, 0.4) is 0 Å². The first-order valence-corrected chi connectivity index (χ1v) is 6.27. The van der Waals surface area contributed by atoms with Crippen LogP contribution in [0.1, 0.15) is 0 Å². The summed E-state index contributed by atoms with van der Waals surface area (Å²) in [6, 6.07) is 0.143. The van der Waals surface area contributed by atoms with E-state index in [2.05, 4.69) is 15.6 Å². The largest absolute Gasteiger partial charge is 0.476 e. The number of hydrogen-bond acceptors (Lipinski definition) is 6. The summed E-state index contributed by atoms with van der Waals surface area (Å²) in [4.78, 5) is 3.50. The third-order valence-corrected chi connectivity index (χ3v) is 3.03. The predicted molar refractivity (Wildman–Crippen MR) is 61.4 cm³/mol. The molecule has 0 aromatic heterocycles. The zero-order chi connectivity index (χ0) is 12.2. The number of allylic oxidation sites excluding steroid dienone is 1. The Bertz CT molecular complexity index is 392. The summed E-state index contributed by atoms with van der Waals surface area (Å²) in [5.41, 5.74) is 0. The molecule has 0 bridgehead atoms. The third kappa shape index (κ3) is 3.19. The van der Waals surface area contributed by atoms with E-state index in [1.165, 1.54) is 7.05 Å². The van der Waals surface area contributed by atoms with Gasteiger partial charge in [0.1, 0.15) is 6.61 Å². The van der Waals surface area contributed by atoms with Crippen molar-refractivity contribution in [3.8, 4) is 0 Å². The summed E-state index contributed by atoms with van der Waals surface area (Å²) >= 11 is 0. The lowest BCUT2D eigenvalue weighted by Crippen LogP contribution is -2.45. The zero-order valence-corrected chi connectivity index (χ0v) is 10.0. The van der Waals surface area contributed by atoms with Gasteiger partial charge in [0.25, 0.3) is 0 Å². The lowest BCUT2D eigenvalue weighted by molar-refractivity contribution is 0.129. The van der Waals surface area contributed by atoms with Gasteiger partial charge in [0.15, 0.2) is 4.91 Å². The van der Waals surface area contributed by atoms with Crippen molar-refractivity contribution in [3.63, 3.8) is 0 Å². The smallest absolute Gasteiger partial charge is 0.244 e. The average Bonchev–Trinajstić information content (AvgIpc) is 2.25. The maximum Gasteiger partial charge on any atom is 0.244 e. The normalized spacial score (nSPS) is 25.1. The zero-order valence-electron chi connectivity index (χ0n) is 9.23. The molecule has 1 saturated heterocycles. The van der Waals surface area contributed by atoms with Crippen molar-refractivity contribution in [3.05, 3.63) is 10.8 Å². The van der Waals surface area contributed by atoms with Crippen molar-refractivity contribution in [1.29, 1.82) is 0 Å². The molecule has 8 heteroatoms. The van der Waals surface area contributed by atoms with E-state index in [1.54, 1.807) is 7.05 Å². The highest BCUT2D eigenvalue weighted by atomic mass is 32.2. The Morgan fingerprint density at radius 2 is 2.44 bits per heavy atom. The number of rotatable bonds is 3. The van der Waals surface area contributed by atoms with Crippen LogP contribution in [0.25, 0.3) is 0 Å². The number of nitrogens with zero attached hydrogens (tertiary/aromatic N) is 1. The molecule has 1 aliphatic heterocycles. The number of sulfonamides is 1. The Balaban J connectivity index is 2.94. The number of hydrogen-bond donors (Lipinski definition) is 3. The van der Waals surface area contributed by atoms with E-state index in [1.807, 2.05) is 0 Å². The minimum absolute atomic E-state index is 0.135.